The summed E-state index contributed by atoms with van der Waals surface area (Å²) in [4.78, 5) is 42.3. The molecule has 3 atom stereocenters. The lowest BCUT2D eigenvalue weighted by molar-refractivity contribution is -0.116. The molecule has 5 rings (SSSR count). The van der Waals surface area contributed by atoms with Gasteiger partial charge in [-0.15, -0.1) is 0 Å². The van der Waals surface area contributed by atoms with Crippen LogP contribution in [0.3, 0.4) is 0 Å². The van der Waals surface area contributed by atoms with Gasteiger partial charge in [-0.1, -0.05) is 69.7 Å². The highest BCUT2D eigenvalue weighted by Gasteiger charge is 2.35. The lowest BCUT2D eigenvalue weighted by Crippen LogP contribution is -2.35. The monoisotopic (exact) mass is 566 g/mol. The number of nitrogens with two attached hydrogens (primary N) is 1. The molecule has 7 heteroatoms. The molecule has 1 saturated carbocycles. The smallest absolute Gasteiger partial charge is 0.258 e. The Bertz CT molecular complexity index is 1430. The van der Waals surface area contributed by atoms with Gasteiger partial charge in [0.1, 0.15) is 0 Å². The molecule has 1 heterocycles. The molecule has 0 saturated heterocycles. The number of fused-ring (bicyclic) bond motifs is 1. The van der Waals surface area contributed by atoms with E-state index in [9.17, 15) is 14.4 Å². The van der Waals surface area contributed by atoms with Crippen molar-refractivity contribution < 1.29 is 14.4 Å². The van der Waals surface area contributed by atoms with Crippen LogP contribution < -0.4 is 21.3 Å². The summed E-state index contributed by atoms with van der Waals surface area (Å²) in [6, 6.07) is 22.0. The first-order valence-corrected chi connectivity index (χ1v) is 15.0. The number of hydrogen-bond acceptors (Lipinski definition) is 4. The van der Waals surface area contributed by atoms with Crippen LogP contribution in [0.15, 0.2) is 72.8 Å². The second-order valence-electron chi connectivity index (χ2n) is 12.8. The molecule has 0 radical (unpaired) electrons. The summed E-state index contributed by atoms with van der Waals surface area (Å²) in [5.74, 6) is 0.332. The van der Waals surface area contributed by atoms with Crippen LogP contribution in [0.5, 0.6) is 0 Å². The number of rotatable bonds is 6. The Balaban J connectivity index is 1.46. The van der Waals surface area contributed by atoms with Gasteiger partial charge in [0.05, 0.1) is 23.8 Å². The molecule has 2 aliphatic rings. The van der Waals surface area contributed by atoms with E-state index in [4.69, 9.17) is 5.73 Å². The normalized spacial score (nSPS) is 20.7. The number of carbonyl (C=O) groups is 3. The van der Waals surface area contributed by atoms with Gasteiger partial charge in [-0.3, -0.25) is 19.3 Å². The van der Waals surface area contributed by atoms with E-state index in [2.05, 4.69) is 31.4 Å². The van der Waals surface area contributed by atoms with Gasteiger partial charge >= 0.3 is 0 Å². The Morgan fingerprint density at radius 2 is 1.64 bits per heavy atom. The topological polar surface area (TPSA) is 105 Å². The molecule has 0 aromatic heterocycles. The van der Waals surface area contributed by atoms with Crippen LogP contribution >= 0.6 is 0 Å². The largest absolute Gasteiger partial charge is 0.352 e. The summed E-state index contributed by atoms with van der Waals surface area (Å²) in [6.07, 6.45) is 4.51. The Labute approximate surface area is 248 Å². The molecular formula is C35H42N4O3. The van der Waals surface area contributed by atoms with E-state index in [1.54, 1.807) is 23.1 Å². The van der Waals surface area contributed by atoms with Crippen molar-refractivity contribution in [3.05, 3.63) is 95.1 Å². The number of amides is 3. The molecule has 3 unspecified atom stereocenters. The fraction of sp³-hybridized carbons (Fsp3) is 0.400. The highest BCUT2D eigenvalue weighted by molar-refractivity contribution is 6.12. The molecule has 42 heavy (non-hydrogen) atoms. The van der Waals surface area contributed by atoms with Gasteiger partial charge in [0.25, 0.3) is 11.8 Å². The molecule has 3 aromatic rings. The van der Waals surface area contributed by atoms with E-state index in [1.807, 2.05) is 54.6 Å². The first kappa shape index (κ1) is 29.5. The molecule has 4 N–H and O–H groups in total. The van der Waals surface area contributed by atoms with Crippen molar-refractivity contribution >= 4 is 29.1 Å². The van der Waals surface area contributed by atoms with Gasteiger partial charge in [-0.05, 0) is 84.5 Å². The molecule has 1 aliphatic carbocycles. The molecule has 3 amide bonds. The number of anilines is 2. The Hall–Kier alpha value is -3.97. The lowest BCUT2D eigenvalue weighted by atomic mass is 9.81. The fourth-order valence-electron chi connectivity index (χ4n) is 6.21. The third-order valence-electron chi connectivity index (χ3n) is 8.66. The van der Waals surface area contributed by atoms with Crippen LogP contribution in [-0.4, -0.2) is 30.8 Å². The van der Waals surface area contributed by atoms with Crippen molar-refractivity contribution in [2.24, 2.45) is 17.6 Å². The SMILES string of the molecule is CC(C)(C)c1ccc(C(=O)N2c3ccc(C(=O)NCC4CCCC(CN)C4)cc3NC(=O)CC2c2ccccc2)cc1. The second-order valence-corrected chi connectivity index (χ2v) is 12.8. The summed E-state index contributed by atoms with van der Waals surface area (Å²) in [6.45, 7) is 7.70. The third-order valence-corrected chi connectivity index (χ3v) is 8.66. The van der Waals surface area contributed by atoms with Crippen molar-refractivity contribution in [2.75, 3.05) is 23.3 Å². The number of carbonyl (C=O) groups excluding carboxylic acids is 3. The van der Waals surface area contributed by atoms with Crippen LogP contribution in [-0.2, 0) is 10.2 Å². The van der Waals surface area contributed by atoms with E-state index in [-0.39, 0.29) is 29.6 Å². The van der Waals surface area contributed by atoms with Crippen molar-refractivity contribution in [1.29, 1.82) is 0 Å². The minimum Gasteiger partial charge on any atom is -0.352 e. The average molecular weight is 567 g/mol. The summed E-state index contributed by atoms with van der Waals surface area (Å²) in [5.41, 5.74) is 9.84. The molecule has 0 bridgehead atoms. The first-order valence-electron chi connectivity index (χ1n) is 15.0. The van der Waals surface area contributed by atoms with Crippen molar-refractivity contribution in [3.8, 4) is 0 Å². The van der Waals surface area contributed by atoms with Crippen LogP contribution in [0.4, 0.5) is 11.4 Å². The third kappa shape index (κ3) is 6.57. The zero-order valence-electron chi connectivity index (χ0n) is 24.9. The van der Waals surface area contributed by atoms with Gasteiger partial charge in [-0.25, -0.2) is 0 Å². The average Bonchev–Trinajstić information content (AvgIpc) is 3.14. The maximum atomic E-state index is 14.2. The van der Waals surface area contributed by atoms with E-state index in [0.717, 1.165) is 36.8 Å². The number of nitrogens with zero attached hydrogens (tertiary/aromatic N) is 1. The van der Waals surface area contributed by atoms with E-state index in [1.165, 1.54) is 0 Å². The Kier molecular flexibility index (Phi) is 8.78. The molecule has 1 aliphatic heterocycles. The standard InChI is InChI=1S/C35H42N4O3/c1-35(2,3)28-15-12-26(13-16-28)34(42)39-30-17-14-27(33(41)37-22-24-9-7-8-23(18-24)21-36)19-29(30)38-32(40)20-31(39)25-10-5-4-6-11-25/h4-6,10-17,19,23-24,31H,7-9,18,20-22,36H2,1-3H3,(H,37,41)(H,38,40). The number of benzene rings is 3. The highest BCUT2D eigenvalue weighted by atomic mass is 16.2. The summed E-state index contributed by atoms with van der Waals surface area (Å²) in [7, 11) is 0. The maximum Gasteiger partial charge on any atom is 0.258 e. The summed E-state index contributed by atoms with van der Waals surface area (Å²) < 4.78 is 0. The van der Waals surface area contributed by atoms with E-state index >= 15 is 0 Å². The molecule has 3 aromatic carbocycles. The van der Waals surface area contributed by atoms with Gasteiger partial charge in [0.2, 0.25) is 5.91 Å². The molecule has 220 valence electrons. The Morgan fingerprint density at radius 1 is 0.952 bits per heavy atom. The van der Waals surface area contributed by atoms with Crippen LogP contribution in [0.25, 0.3) is 0 Å². The van der Waals surface area contributed by atoms with E-state index < -0.39 is 6.04 Å². The predicted octanol–water partition coefficient (Wildman–Crippen LogP) is 6.21. The summed E-state index contributed by atoms with van der Waals surface area (Å²) >= 11 is 0. The zero-order valence-corrected chi connectivity index (χ0v) is 24.9. The summed E-state index contributed by atoms with van der Waals surface area (Å²) in [5, 5.41) is 6.06. The quantitative estimate of drug-likeness (QED) is 0.330. The first-order chi connectivity index (χ1) is 20.1. The number of hydrogen-bond donors (Lipinski definition) is 3. The number of nitrogens with one attached hydrogen (secondary N) is 2. The van der Waals surface area contributed by atoms with Gasteiger partial charge < -0.3 is 16.4 Å². The fourth-order valence-corrected chi connectivity index (χ4v) is 6.21. The van der Waals surface area contributed by atoms with Crippen LogP contribution in [0.1, 0.15) is 90.8 Å². The van der Waals surface area contributed by atoms with Crippen molar-refractivity contribution in [2.45, 2.75) is 64.3 Å². The molecular weight excluding hydrogens is 524 g/mol. The van der Waals surface area contributed by atoms with Gasteiger partial charge in [0, 0.05) is 17.7 Å². The lowest BCUT2D eigenvalue weighted by Gasteiger charge is -2.31. The minimum atomic E-state index is -0.510. The minimum absolute atomic E-state index is 0.0419. The Morgan fingerprint density at radius 3 is 2.33 bits per heavy atom. The zero-order chi connectivity index (χ0) is 29.9. The molecule has 7 nitrogen and oxygen atoms in total. The van der Waals surface area contributed by atoms with Crippen molar-refractivity contribution in [1.82, 2.24) is 5.32 Å². The van der Waals surface area contributed by atoms with Gasteiger partial charge in [-0.2, -0.15) is 0 Å². The second kappa shape index (κ2) is 12.5. The predicted molar refractivity (Wildman–Crippen MR) is 168 cm³/mol. The molecule has 1 fully saturated rings. The van der Waals surface area contributed by atoms with Crippen LogP contribution in [0, 0.1) is 11.8 Å². The van der Waals surface area contributed by atoms with Crippen molar-refractivity contribution in [3.63, 3.8) is 0 Å². The van der Waals surface area contributed by atoms with Crippen LogP contribution in [0.2, 0.25) is 0 Å². The maximum absolute atomic E-state index is 14.2. The molecule has 0 spiro atoms. The van der Waals surface area contributed by atoms with E-state index in [0.29, 0.717) is 47.4 Å². The van der Waals surface area contributed by atoms with Gasteiger partial charge in [0.15, 0.2) is 0 Å². The highest BCUT2D eigenvalue weighted by Crippen LogP contribution is 2.40.